The summed E-state index contributed by atoms with van der Waals surface area (Å²) in [5.74, 6) is 4.92. The second kappa shape index (κ2) is 5.00. The molecule has 96 valence electrons. The molecule has 0 aromatic carbocycles. The van der Waals surface area contributed by atoms with Crippen LogP contribution >= 0.6 is 0 Å². The molecular weight excluding hydrogens is 204 g/mol. The van der Waals surface area contributed by atoms with Crippen molar-refractivity contribution >= 4 is 0 Å². The molecule has 0 radical (unpaired) electrons. The maximum absolute atomic E-state index is 4.35. The molecule has 2 aliphatic rings. The van der Waals surface area contributed by atoms with Gasteiger partial charge in [-0.1, -0.05) is 58.4 Å². The Morgan fingerprint density at radius 2 is 1.88 bits per heavy atom. The lowest BCUT2D eigenvalue weighted by Crippen LogP contribution is -2.22. The first-order chi connectivity index (χ1) is 8.04. The fourth-order valence-corrected chi connectivity index (χ4v) is 4.12. The zero-order chi connectivity index (χ0) is 12.6. The van der Waals surface area contributed by atoms with Crippen LogP contribution in [0.3, 0.4) is 0 Å². The van der Waals surface area contributed by atoms with E-state index in [1.165, 1.54) is 24.8 Å². The van der Waals surface area contributed by atoms with Gasteiger partial charge in [-0.15, -0.1) is 0 Å². The molecule has 0 heteroatoms. The van der Waals surface area contributed by atoms with Gasteiger partial charge in [0.2, 0.25) is 0 Å². The van der Waals surface area contributed by atoms with E-state index in [1.54, 1.807) is 0 Å². The van der Waals surface area contributed by atoms with Crippen LogP contribution in [-0.4, -0.2) is 0 Å². The number of hydrogen-bond donors (Lipinski definition) is 0. The van der Waals surface area contributed by atoms with Crippen LogP contribution in [0.1, 0.15) is 47.0 Å². The minimum atomic E-state index is 0.667. The highest BCUT2D eigenvalue weighted by Crippen LogP contribution is 2.49. The average molecular weight is 232 g/mol. The van der Waals surface area contributed by atoms with E-state index in [-0.39, 0.29) is 0 Å². The molecule has 0 saturated heterocycles. The number of allylic oxidation sites excluding steroid dienone is 3. The van der Waals surface area contributed by atoms with E-state index < -0.39 is 0 Å². The first-order valence-corrected chi connectivity index (χ1v) is 7.40. The Morgan fingerprint density at radius 3 is 2.41 bits per heavy atom. The van der Waals surface area contributed by atoms with Crippen molar-refractivity contribution in [2.24, 2.45) is 35.5 Å². The van der Waals surface area contributed by atoms with E-state index in [1.807, 2.05) is 0 Å². The van der Waals surface area contributed by atoms with Gasteiger partial charge >= 0.3 is 0 Å². The summed E-state index contributed by atoms with van der Waals surface area (Å²) in [5, 5.41) is 0. The minimum Gasteiger partial charge on any atom is -0.0992 e. The second-order valence-corrected chi connectivity index (χ2v) is 6.54. The number of hydrogen-bond acceptors (Lipinski definition) is 0. The molecule has 1 saturated carbocycles. The zero-order valence-corrected chi connectivity index (χ0v) is 11.9. The molecule has 1 fully saturated rings. The predicted octanol–water partition coefficient (Wildman–Crippen LogP) is 5.07. The second-order valence-electron chi connectivity index (χ2n) is 6.54. The molecule has 0 aromatic rings. The van der Waals surface area contributed by atoms with Crippen LogP contribution in [0.4, 0.5) is 0 Å². The molecule has 2 aliphatic carbocycles. The van der Waals surface area contributed by atoms with Crippen LogP contribution in [0, 0.1) is 35.5 Å². The summed E-state index contributed by atoms with van der Waals surface area (Å²) in [6.45, 7) is 13.9. The molecule has 3 unspecified atom stereocenters. The van der Waals surface area contributed by atoms with Gasteiger partial charge in [-0.25, -0.2) is 0 Å². The highest BCUT2D eigenvalue weighted by atomic mass is 14.5. The van der Waals surface area contributed by atoms with Crippen LogP contribution in [0.2, 0.25) is 0 Å². The summed E-state index contributed by atoms with van der Waals surface area (Å²) >= 11 is 0. The van der Waals surface area contributed by atoms with Gasteiger partial charge in [0.25, 0.3) is 0 Å². The van der Waals surface area contributed by atoms with Gasteiger partial charge < -0.3 is 0 Å². The average Bonchev–Trinajstić information content (AvgIpc) is 2.57. The molecule has 0 aliphatic heterocycles. The van der Waals surface area contributed by atoms with Gasteiger partial charge in [-0.2, -0.15) is 0 Å². The summed E-state index contributed by atoms with van der Waals surface area (Å²) in [6.07, 6.45) is 8.84. The van der Waals surface area contributed by atoms with Crippen molar-refractivity contribution < 1.29 is 0 Å². The lowest BCUT2D eigenvalue weighted by molar-refractivity contribution is 0.294. The van der Waals surface area contributed by atoms with E-state index in [2.05, 4.69) is 46.4 Å². The molecule has 0 spiro atoms. The lowest BCUT2D eigenvalue weighted by Gasteiger charge is -2.31. The topological polar surface area (TPSA) is 0 Å². The predicted molar refractivity (Wildman–Crippen MR) is 75.8 cm³/mol. The maximum Gasteiger partial charge on any atom is 0.000539 e. The lowest BCUT2D eigenvalue weighted by atomic mass is 9.74. The van der Waals surface area contributed by atoms with Gasteiger partial charge in [0.1, 0.15) is 0 Å². The van der Waals surface area contributed by atoms with Gasteiger partial charge in [0.15, 0.2) is 0 Å². The minimum absolute atomic E-state index is 0.667. The van der Waals surface area contributed by atoms with Gasteiger partial charge in [-0.3, -0.25) is 0 Å². The van der Waals surface area contributed by atoms with Crippen LogP contribution in [0.5, 0.6) is 0 Å². The molecule has 17 heavy (non-hydrogen) atoms. The molecule has 0 aromatic heterocycles. The van der Waals surface area contributed by atoms with E-state index in [9.17, 15) is 0 Å². The third-order valence-corrected chi connectivity index (χ3v) is 5.51. The fourth-order valence-electron chi connectivity index (χ4n) is 4.12. The van der Waals surface area contributed by atoms with Crippen molar-refractivity contribution in [2.75, 3.05) is 0 Å². The monoisotopic (exact) mass is 232 g/mol. The molecular formula is C17H28. The Kier molecular flexibility index (Phi) is 3.80. The third-order valence-electron chi connectivity index (χ3n) is 5.51. The van der Waals surface area contributed by atoms with Crippen molar-refractivity contribution in [3.05, 3.63) is 24.3 Å². The number of rotatable bonds is 2. The quantitative estimate of drug-likeness (QED) is 0.583. The molecule has 0 N–H and O–H groups in total. The van der Waals surface area contributed by atoms with Crippen molar-refractivity contribution in [1.29, 1.82) is 0 Å². The summed E-state index contributed by atoms with van der Waals surface area (Å²) in [4.78, 5) is 0. The summed E-state index contributed by atoms with van der Waals surface area (Å²) < 4.78 is 0. The molecule has 0 amide bonds. The SMILES string of the molecule is C=C1CC(C)C=CC1[C@@H]1C[C@H](CC)C(C)[C@@H]1C. The highest BCUT2D eigenvalue weighted by molar-refractivity contribution is 5.19. The summed E-state index contributed by atoms with van der Waals surface area (Å²) in [5.41, 5.74) is 1.49. The van der Waals surface area contributed by atoms with Crippen molar-refractivity contribution in [3.63, 3.8) is 0 Å². The first-order valence-electron chi connectivity index (χ1n) is 7.40. The van der Waals surface area contributed by atoms with E-state index >= 15 is 0 Å². The van der Waals surface area contributed by atoms with E-state index in [0.29, 0.717) is 11.8 Å². The Morgan fingerprint density at radius 1 is 1.18 bits per heavy atom. The highest BCUT2D eigenvalue weighted by Gasteiger charge is 2.41. The molecule has 0 heterocycles. The first kappa shape index (κ1) is 12.9. The largest absolute Gasteiger partial charge is 0.0992 e. The van der Waals surface area contributed by atoms with Crippen LogP contribution in [0.15, 0.2) is 24.3 Å². The Labute approximate surface area is 107 Å². The van der Waals surface area contributed by atoms with Crippen LogP contribution in [-0.2, 0) is 0 Å². The summed E-state index contributed by atoms with van der Waals surface area (Å²) in [7, 11) is 0. The van der Waals surface area contributed by atoms with Gasteiger partial charge in [0, 0.05) is 5.92 Å². The van der Waals surface area contributed by atoms with Crippen molar-refractivity contribution in [3.8, 4) is 0 Å². The molecule has 2 rings (SSSR count). The van der Waals surface area contributed by atoms with Crippen LogP contribution in [0.25, 0.3) is 0 Å². The Bertz CT molecular complexity index is 312. The molecule has 0 nitrogen and oxygen atoms in total. The van der Waals surface area contributed by atoms with E-state index in [0.717, 1.165) is 23.7 Å². The zero-order valence-electron chi connectivity index (χ0n) is 11.9. The van der Waals surface area contributed by atoms with Crippen molar-refractivity contribution in [1.82, 2.24) is 0 Å². The molecule has 6 atom stereocenters. The van der Waals surface area contributed by atoms with Crippen molar-refractivity contribution in [2.45, 2.75) is 47.0 Å². The maximum atomic E-state index is 4.35. The normalized spacial score (nSPS) is 46.5. The van der Waals surface area contributed by atoms with Crippen LogP contribution < -0.4 is 0 Å². The third kappa shape index (κ3) is 2.37. The van der Waals surface area contributed by atoms with E-state index in [4.69, 9.17) is 0 Å². The Balaban J connectivity index is 2.13. The Hall–Kier alpha value is -0.520. The fraction of sp³-hybridized carbons (Fsp3) is 0.765. The summed E-state index contributed by atoms with van der Waals surface area (Å²) in [6, 6.07) is 0. The molecule has 0 bridgehead atoms. The smallest absolute Gasteiger partial charge is 0.000539 e. The van der Waals surface area contributed by atoms with Gasteiger partial charge in [0.05, 0.1) is 0 Å². The van der Waals surface area contributed by atoms with Gasteiger partial charge in [-0.05, 0) is 42.4 Å². The standard InChI is InChI=1S/C17H28/c1-6-15-10-17(14(5)13(15)4)16-8-7-11(2)9-12(16)3/h7-8,11,13-17H,3,6,9-10H2,1-2,4-5H3/t11?,13?,14-,15-,16?,17+/m0/s1.